The summed E-state index contributed by atoms with van der Waals surface area (Å²) >= 11 is 0. The maximum absolute atomic E-state index is 13.6. The normalized spacial score (nSPS) is 35.5. The number of hydrogen-bond donors (Lipinski definition) is 0. The molecule has 2 aliphatic carbocycles. The molecule has 74 valence electrons. The lowest BCUT2D eigenvalue weighted by Crippen LogP contribution is -2.18. The second-order valence-corrected chi connectivity index (χ2v) is 4.56. The van der Waals surface area contributed by atoms with Gasteiger partial charge in [-0.2, -0.15) is 0 Å². The van der Waals surface area contributed by atoms with E-state index in [0.717, 1.165) is 19.3 Å². The average Bonchev–Trinajstić information content (AvgIpc) is 2.37. The van der Waals surface area contributed by atoms with Crippen LogP contribution in [0.1, 0.15) is 51.9 Å². The first-order chi connectivity index (χ1) is 6.29. The molecule has 0 saturated carbocycles. The summed E-state index contributed by atoms with van der Waals surface area (Å²) in [6, 6.07) is 0. The van der Waals surface area contributed by atoms with Crippen LogP contribution in [0.3, 0.4) is 0 Å². The summed E-state index contributed by atoms with van der Waals surface area (Å²) in [5.41, 5.74) is 2.67. The summed E-state index contributed by atoms with van der Waals surface area (Å²) < 4.78 is 13.6. The van der Waals surface area contributed by atoms with E-state index in [4.69, 9.17) is 0 Å². The molecule has 0 aliphatic heterocycles. The van der Waals surface area contributed by atoms with Crippen molar-refractivity contribution in [2.45, 2.75) is 58.0 Å². The van der Waals surface area contributed by atoms with Gasteiger partial charge in [-0.1, -0.05) is 18.9 Å². The fourth-order valence-corrected chi connectivity index (χ4v) is 2.79. The number of hydrogen-bond acceptors (Lipinski definition) is 0. The van der Waals surface area contributed by atoms with Crippen molar-refractivity contribution < 1.29 is 4.39 Å². The molecular formula is C12H19F. The van der Waals surface area contributed by atoms with Crippen molar-refractivity contribution in [3.8, 4) is 0 Å². The van der Waals surface area contributed by atoms with Crippen LogP contribution in [0.4, 0.5) is 4.39 Å². The highest BCUT2D eigenvalue weighted by Crippen LogP contribution is 2.39. The molecule has 0 heterocycles. The standard InChI is InChI=1S/C12H19F/c1-9-7-8-12(13)11-6-4-2-3-5-10(9)11/h9,12H,2-8H2,1H3. The van der Waals surface area contributed by atoms with Crippen molar-refractivity contribution in [2.75, 3.05) is 0 Å². The van der Waals surface area contributed by atoms with Gasteiger partial charge in [-0.05, 0) is 50.0 Å². The lowest BCUT2D eigenvalue weighted by Gasteiger charge is -2.27. The number of halogens is 1. The molecule has 0 aromatic carbocycles. The molecule has 0 fully saturated rings. The molecule has 0 N–H and O–H groups in total. The van der Waals surface area contributed by atoms with Crippen molar-refractivity contribution in [2.24, 2.45) is 5.92 Å². The summed E-state index contributed by atoms with van der Waals surface area (Å²) in [6.07, 6.45) is 7.27. The van der Waals surface area contributed by atoms with Crippen molar-refractivity contribution in [1.82, 2.24) is 0 Å². The summed E-state index contributed by atoms with van der Waals surface area (Å²) in [5, 5.41) is 0. The lowest BCUT2D eigenvalue weighted by atomic mass is 9.80. The molecule has 2 aliphatic rings. The van der Waals surface area contributed by atoms with Gasteiger partial charge in [0, 0.05) is 0 Å². The Morgan fingerprint density at radius 2 is 1.69 bits per heavy atom. The van der Waals surface area contributed by atoms with E-state index in [9.17, 15) is 4.39 Å². The van der Waals surface area contributed by atoms with Crippen molar-refractivity contribution in [3.05, 3.63) is 11.1 Å². The van der Waals surface area contributed by atoms with E-state index in [-0.39, 0.29) is 0 Å². The zero-order chi connectivity index (χ0) is 9.26. The molecule has 13 heavy (non-hydrogen) atoms. The Bertz CT molecular complexity index is 195. The molecule has 0 aromatic heterocycles. The fourth-order valence-electron chi connectivity index (χ4n) is 2.79. The first kappa shape index (κ1) is 9.23. The second-order valence-electron chi connectivity index (χ2n) is 4.56. The Morgan fingerprint density at radius 1 is 1.00 bits per heavy atom. The molecule has 1 heteroatoms. The van der Waals surface area contributed by atoms with E-state index in [0.29, 0.717) is 5.92 Å². The minimum atomic E-state index is -0.593. The number of rotatable bonds is 0. The largest absolute Gasteiger partial charge is 0.243 e. The topological polar surface area (TPSA) is 0 Å². The lowest BCUT2D eigenvalue weighted by molar-refractivity contribution is 0.305. The highest BCUT2D eigenvalue weighted by molar-refractivity contribution is 5.24. The third-order valence-electron chi connectivity index (χ3n) is 3.63. The quantitative estimate of drug-likeness (QED) is 0.496. The van der Waals surface area contributed by atoms with E-state index in [2.05, 4.69) is 6.92 Å². The summed E-state index contributed by atoms with van der Waals surface area (Å²) in [5.74, 6) is 0.667. The molecule has 0 spiro atoms. The first-order valence-corrected chi connectivity index (χ1v) is 5.65. The van der Waals surface area contributed by atoms with Gasteiger partial charge >= 0.3 is 0 Å². The molecular weight excluding hydrogens is 163 g/mol. The maximum atomic E-state index is 13.6. The number of allylic oxidation sites excluding steroid dienone is 2. The van der Waals surface area contributed by atoms with E-state index in [1.807, 2.05) is 0 Å². The van der Waals surface area contributed by atoms with Crippen LogP contribution in [-0.4, -0.2) is 6.17 Å². The van der Waals surface area contributed by atoms with Gasteiger partial charge in [0.15, 0.2) is 0 Å². The van der Waals surface area contributed by atoms with Crippen LogP contribution in [-0.2, 0) is 0 Å². The average molecular weight is 182 g/mol. The van der Waals surface area contributed by atoms with Gasteiger partial charge in [0.1, 0.15) is 6.17 Å². The summed E-state index contributed by atoms with van der Waals surface area (Å²) in [4.78, 5) is 0. The van der Waals surface area contributed by atoms with Crippen LogP contribution >= 0.6 is 0 Å². The predicted octanol–water partition coefficient (Wildman–Crippen LogP) is 4.02. The van der Waals surface area contributed by atoms with Crippen LogP contribution in [0.2, 0.25) is 0 Å². The molecule has 0 aromatic rings. The highest BCUT2D eigenvalue weighted by atomic mass is 19.1. The monoisotopic (exact) mass is 182 g/mol. The van der Waals surface area contributed by atoms with Gasteiger partial charge in [0.2, 0.25) is 0 Å². The minimum Gasteiger partial charge on any atom is -0.243 e. The van der Waals surface area contributed by atoms with E-state index in [1.165, 1.54) is 36.8 Å². The van der Waals surface area contributed by atoms with E-state index >= 15 is 0 Å². The predicted molar refractivity (Wildman–Crippen MR) is 53.4 cm³/mol. The van der Waals surface area contributed by atoms with Gasteiger partial charge < -0.3 is 0 Å². The van der Waals surface area contributed by atoms with Crippen molar-refractivity contribution in [1.29, 1.82) is 0 Å². The molecule has 0 amide bonds. The van der Waals surface area contributed by atoms with Gasteiger partial charge in [0.25, 0.3) is 0 Å². The van der Waals surface area contributed by atoms with Crippen molar-refractivity contribution >= 4 is 0 Å². The molecule has 0 nitrogen and oxygen atoms in total. The minimum absolute atomic E-state index is 0.593. The zero-order valence-electron chi connectivity index (χ0n) is 8.48. The van der Waals surface area contributed by atoms with Gasteiger partial charge in [-0.3, -0.25) is 0 Å². The maximum Gasteiger partial charge on any atom is 0.121 e. The SMILES string of the molecule is CC1CCC(F)C2=C1CCCCC2. The Hall–Kier alpha value is -0.330. The van der Waals surface area contributed by atoms with Gasteiger partial charge in [-0.15, -0.1) is 0 Å². The molecule has 0 radical (unpaired) electrons. The summed E-state index contributed by atoms with van der Waals surface area (Å²) in [7, 11) is 0. The molecule has 0 saturated heterocycles. The number of alkyl halides is 1. The Kier molecular flexibility index (Phi) is 2.71. The van der Waals surface area contributed by atoms with Gasteiger partial charge in [-0.25, -0.2) is 4.39 Å². The Labute approximate surface area is 80.2 Å². The molecule has 2 rings (SSSR count). The molecule has 2 unspecified atom stereocenters. The van der Waals surface area contributed by atoms with Crippen LogP contribution in [0.5, 0.6) is 0 Å². The molecule has 0 bridgehead atoms. The molecule has 2 atom stereocenters. The van der Waals surface area contributed by atoms with E-state index < -0.39 is 6.17 Å². The van der Waals surface area contributed by atoms with Crippen molar-refractivity contribution in [3.63, 3.8) is 0 Å². The fraction of sp³-hybridized carbons (Fsp3) is 0.833. The third kappa shape index (κ3) is 1.79. The van der Waals surface area contributed by atoms with E-state index in [1.54, 1.807) is 0 Å². The Morgan fingerprint density at radius 3 is 2.46 bits per heavy atom. The Balaban J connectivity index is 2.24. The second kappa shape index (κ2) is 3.81. The third-order valence-corrected chi connectivity index (χ3v) is 3.63. The van der Waals surface area contributed by atoms with Crippen LogP contribution in [0.15, 0.2) is 11.1 Å². The summed E-state index contributed by atoms with van der Waals surface area (Å²) in [6.45, 7) is 2.27. The smallest absolute Gasteiger partial charge is 0.121 e. The highest BCUT2D eigenvalue weighted by Gasteiger charge is 2.27. The first-order valence-electron chi connectivity index (χ1n) is 5.65. The van der Waals surface area contributed by atoms with Crippen LogP contribution < -0.4 is 0 Å². The van der Waals surface area contributed by atoms with Crippen LogP contribution in [0.25, 0.3) is 0 Å². The zero-order valence-corrected chi connectivity index (χ0v) is 8.48. The van der Waals surface area contributed by atoms with Crippen LogP contribution in [0, 0.1) is 5.92 Å². The van der Waals surface area contributed by atoms with Gasteiger partial charge in [0.05, 0.1) is 0 Å².